The molecule has 3 rings (SSSR count). The highest BCUT2D eigenvalue weighted by Gasteiger charge is 2.20. The van der Waals surface area contributed by atoms with Gasteiger partial charge in [-0.15, -0.1) is 0 Å². The second-order valence-electron chi connectivity index (χ2n) is 5.14. The Hall–Kier alpha value is -3.64. The summed E-state index contributed by atoms with van der Waals surface area (Å²) in [6.07, 6.45) is 1.29. The van der Waals surface area contributed by atoms with Crippen molar-refractivity contribution >= 4 is 21.9 Å². The number of hydrogen-bond acceptors (Lipinski definition) is 5. The van der Waals surface area contributed by atoms with E-state index in [-0.39, 0.29) is 16.3 Å². The Morgan fingerprint density at radius 2 is 1.65 bits per heavy atom. The minimum Gasteiger partial charge on any atom is -0.290 e. The lowest BCUT2D eigenvalue weighted by molar-refractivity contribution is 0.256. The predicted octanol–water partition coefficient (Wildman–Crippen LogP) is 2.25. The summed E-state index contributed by atoms with van der Waals surface area (Å²) in [5.74, 6) is 0.0689. The van der Waals surface area contributed by atoms with Crippen LogP contribution in [0.3, 0.4) is 0 Å². The maximum Gasteiger partial charge on any atom is 0.334 e. The van der Waals surface area contributed by atoms with Crippen LogP contribution in [0.1, 0.15) is 5.56 Å². The van der Waals surface area contributed by atoms with E-state index in [9.17, 15) is 18.5 Å². The summed E-state index contributed by atoms with van der Waals surface area (Å²) >= 11 is 0. The van der Waals surface area contributed by atoms with Crippen LogP contribution < -0.4 is 10.0 Å². The number of urea groups is 1. The first-order chi connectivity index (χ1) is 12.5. The summed E-state index contributed by atoms with van der Waals surface area (Å²) in [6.45, 7) is 0. The van der Waals surface area contributed by atoms with Crippen LogP contribution in [-0.4, -0.2) is 24.2 Å². The number of nitrogens with one attached hydrogen (secondary N) is 2. The minimum atomic E-state index is -4.03. The number of aromatic nitrogens is 2. The third-order valence-corrected chi connectivity index (χ3v) is 4.75. The number of benzene rings is 2. The number of amides is 2. The first kappa shape index (κ1) is 17.2. The highest BCUT2D eigenvalue weighted by Crippen LogP contribution is 2.19. The van der Waals surface area contributed by atoms with Crippen LogP contribution in [0.25, 0.3) is 5.69 Å². The molecule has 26 heavy (non-hydrogen) atoms. The second-order valence-corrected chi connectivity index (χ2v) is 6.82. The molecule has 0 saturated heterocycles. The van der Waals surface area contributed by atoms with E-state index in [2.05, 4.69) is 10.4 Å². The van der Waals surface area contributed by atoms with Gasteiger partial charge in [0.05, 0.1) is 16.8 Å². The molecule has 2 N–H and O–H groups in total. The summed E-state index contributed by atoms with van der Waals surface area (Å²) in [5.41, 5.74) is 0.705. The summed E-state index contributed by atoms with van der Waals surface area (Å²) in [6, 6.07) is 17.2. The number of nitriles is 1. The average Bonchev–Trinajstić information content (AvgIpc) is 3.05. The number of sulfonamides is 1. The number of para-hydroxylation sites is 1. The molecule has 0 aliphatic heterocycles. The van der Waals surface area contributed by atoms with Gasteiger partial charge < -0.3 is 0 Å². The molecule has 2 aromatic carbocycles. The SMILES string of the molecule is N#Cc1cnn(-c2ccccc2)c1NC(=O)NS(=O)(=O)c1ccccc1. The van der Waals surface area contributed by atoms with E-state index in [4.69, 9.17) is 0 Å². The molecule has 3 aromatic rings. The fourth-order valence-corrected chi connectivity index (χ4v) is 3.16. The summed E-state index contributed by atoms with van der Waals surface area (Å²) < 4.78 is 27.7. The molecule has 1 heterocycles. The lowest BCUT2D eigenvalue weighted by Gasteiger charge is -2.11. The smallest absolute Gasteiger partial charge is 0.290 e. The van der Waals surface area contributed by atoms with Gasteiger partial charge in [-0.3, -0.25) is 5.32 Å². The topological polar surface area (TPSA) is 117 Å². The second kappa shape index (κ2) is 7.08. The maximum atomic E-state index is 12.2. The van der Waals surface area contributed by atoms with Crippen molar-refractivity contribution in [2.24, 2.45) is 0 Å². The van der Waals surface area contributed by atoms with Crippen molar-refractivity contribution in [3.8, 4) is 11.8 Å². The molecule has 130 valence electrons. The third-order valence-electron chi connectivity index (χ3n) is 3.40. The molecule has 0 aliphatic carbocycles. The Kier molecular flexibility index (Phi) is 4.68. The van der Waals surface area contributed by atoms with Gasteiger partial charge >= 0.3 is 6.03 Å². The molecule has 0 bridgehead atoms. The Morgan fingerprint density at radius 1 is 1.04 bits per heavy atom. The standard InChI is InChI=1S/C17H13N5O3S/c18-11-13-12-19-22(14-7-3-1-4-8-14)16(13)20-17(23)21-26(24,25)15-9-5-2-6-10-15/h1-10,12H,(H2,20,21,23). The van der Waals surface area contributed by atoms with Crippen molar-refractivity contribution in [2.75, 3.05) is 5.32 Å². The van der Waals surface area contributed by atoms with E-state index < -0.39 is 16.1 Å². The van der Waals surface area contributed by atoms with Gasteiger partial charge in [-0.05, 0) is 24.3 Å². The van der Waals surface area contributed by atoms with Crippen molar-refractivity contribution in [1.82, 2.24) is 14.5 Å². The third kappa shape index (κ3) is 3.55. The number of nitrogens with zero attached hydrogens (tertiary/aromatic N) is 3. The molecule has 0 saturated carbocycles. The molecular formula is C17H13N5O3S. The Morgan fingerprint density at radius 3 is 2.27 bits per heavy atom. The van der Waals surface area contributed by atoms with Gasteiger partial charge in [0, 0.05) is 0 Å². The maximum absolute atomic E-state index is 12.2. The van der Waals surface area contributed by atoms with Crippen molar-refractivity contribution in [3.63, 3.8) is 0 Å². The molecule has 8 nitrogen and oxygen atoms in total. The van der Waals surface area contributed by atoms with E-state index in [1.54, 1.807) is 42.5 Å². The average molecular weight is 367 g/mol. The van der Waals surface area contributed by atoms with E-state index in [0.29, 0.717) is 5.69 Å². The predicted molar refractivity (Wildman–Crippen MR) is 94.1 cm³/mol. The van der Waals surface area contributed by atoms with Crippen molar-refractivity contribution in [2.45, 2.75) is 4.90 Å². The zero-order chi connectivity index (χ0) is 18.6. The fraction of sp³-hybridized carbons (Fsp3) is 0. The molecule has 1 aromatic heterocycles. The van der Waals surface area contributed by atoms with Crippen molar-refractivity contribution in [1.29, 1.82) is 5.26 Å². The van der Waals surface area contributed by atoms with E-state index in [1.807, 2.05) is 16.9 Å². The molecule has 0 unspecified atom stereocenters. The summed E-state index contributed by atoms with van der Waals surface area (Å²) in [5, 5.41) is 15.7. The number of anilines is 1. The van der Waals surface area contributed by atoms with Crippen LogP contribution in [0.2, 0.25) is 0 Å². The fourth-order valence-electron chi connectivity index (χ4n) is 2.23. The van der Waals surface area contributed by atoms with E-state index in [0.717, 1.165) is 0 Å². The lowest BCUT2D eigenvalue weighted by atomic mass is 10.3. The quantitative estimate of drug-likeness (QED) is 0.733. The van der Waals surface area contributed by atoms with E-state index >= 15 is 0 Å². The van der Waals surface area contributed by atoms with Crippen LogP contribution in [0.5, 0.6) is 0 Å². The molecule has 0 fully saturated rings. The largest absolute Gasteiger partial charge is 0.334 e. The highest BCUT2D eigenvalue weighted by atomic mass is 32.2. The monoisotopic (exact) mass is 367 g/mol. The van der Waals surface area contributed by atoms with Gasteiger partial charge in [0.15, 0.2) is 5.82 Å². The summed E-state index contributed by atoms with van der Waals surface area (Å²) in [4.78, 5) is 12.2. The van der Waals surface area contributed by atoms with Gasteiger partial charge in [-0.2, -0.15) is 10.4 Å². The van der Waals surface area contributed by atoms with Crippen LogP contribution in [0.15, 0.2) is 71.8 Å². The molecule has 0 atom stereocenters. The lowest BCUT2D eigenvalue weighted by Crippen LogP contribution is -2.35. The summed E-state index contributed by atoms with van der Waals surface area (Å²) in [7, 11) is -4.03. The molecular weight excluding hydrogens is 354 g/mol. The molecule has 0 spiro atoms. The number of carbonyl (C=O) groups is 1. The van der Waals surface area contributed by atoms with Crippen LogP contribution in [0.4, 0.5) is 10.6 Å². The minimum absolute atomic E-state index is 0.0489. The van der Waals surface area contributed by atoms with Gasteiger partial charge in [-0.25, -0.2) is 22.6 Å². The van der Waals surface area contributed by atoms with Gasteiger partial charge in [0.2, 0.25) is 0 Å². The molecule has 0 aliphatic rings. The van der Waals surface area contributed by atoms with Crippen LogP contribution in [0, 0.1) is 11.3 Å². The zero-order valence-corrected chi connectivity index (χ0v) is 14.1. The van der Waals surface area contributed by atoms with Crippen LogP contribution in [-0.2, 0) is 10.0 Å². The molecule has 0 radical (unpaired) electrons. The van der Waals surface area contributed by atoms with E-state index in [1.165, 1.54) is 23.0 Å². The normalized spacial score (nSPS) is 10.7. The Balaban J connectivity index is 1.86. The first-order valence-electron chi connectivity index (χ1n) is 7.43. The van der Waals surface area contributed by atoms with Crippen molar-refractivity contribution < 1.29 is 13.2 Å². The Bertz CT molecular complexity index is 1070. The number of hydrogen-bond donors (Lipinski definition) is 2. The first-order valence-corrected chi connectivity index (χ1v) is 8.92. The Labute approximate surface area is 149 Å². The number of carbonyl (C=O) groups excluding carboxylic acids is 1. The number of rotatable bonds is 4. The highest BCUT2D eigenvalue weighted by molar-refractivity contribution is 7.90. The zero-order valence-electron chi connectivity index (χ0n) is 13.3. The van der Waals surface area contributed by atoms with Gasteiger partial charge in [0.1, 0.15) is 11.6 Å². The molecule has 2 amide bonds. The van der Waals surface area contributed by atoms with Gasteiger partial charge in [-0.1, -0.05) is 36.4 Å². The van der Waals surface area contributed by atoms with Crippen molar-refractivity contribution in [3.05, 3.63) is 72.4 Å². The van der Waals surface area contributed by atoms with Crippen LogP contribution >= 0.6 is 0 Å². The van der Waals surface area contributed by atoms with Gasteiger partial charge in [0.25, 0.3) is 10.0 Å². The molecule has 9 heteroatoms.